The van der Waals surface area contributed by atoms with Gasteiger partial charge in [-0.05, 0) is 42.3 Å². The molecule has 0 unspecified atom stereocenters. The molecule has 1 aromatic carbocycles. The monoisotopic (exact) mass is 360 g/mol. The number of piperidine rings is 1. The Morgan fingerprint density at radius 3 is 2.60 bits per heavy atom. The lowest BCUT2D eigenvalue weighted by atomic mass is 9.95. The first-order chi connectivity index (χ1) is 12.1. The topological polar surface area (TPSA) is 49.4 Å². The summed E-state index contributed by atoms with van der Waals surface area (Å²) in [5, 5.41) is 4.78. The van der Waals surface area contributed by atoms with E-state index in [2.05, 4.69) is 5.32 Å². The standard InChI is InChI=1S/C19H21FN2O2S/c20-16-5-2-1-4-14(16)7-10-21-18(23)15-8-11-22(12-9-15)19(24)17-6-3-13-25-17/h1-6,13,15H,7-12H2,(H,21,23). The molecule has 1 saturated heterocycles. The fraction of sp³-hybridized carbons (Fsp3) is 0.368. The molecule has 1 N–H and O–H groups in total. The average Bonchev–Trinajstić information content (AvgIpc) is 3.17. The third-order valence-electron chi connectivity index (χ3n) is 4.54. The van der Waals surface area contributed by atoms with Crippen LogP contribution in [0.4, 0.5) is 4.39 Å². The van der Waals surface area contributed by atoms with Gasteiger partial charge in [0, 0.05) is 25.6 Å². The van der Waals surface area contributed by atoms with Gasteiger partial charge in [0.15, 0.2) is 0 Å². The van der Waals surface area contributed by atoms with Crippen molar-refractivity contribution in [1.82, 2.24) is 10.2 Å². The molecule has 0 radical (unpaired) electrons. The van der Waals surface area contributed by atoms with E-state index in [1.807, 2.05) is 22.4 Å². The molecule has 2 heterocycles. The lowest BCUT2D eigenvalue weighted by Crippen LogP contribution is -2.43. The number of hydrogen-bond acceptors (Lipinski definition) is 3. The quantitative estimate of drug-likeness (QED) is 0.891. The highest BCUT2D eigenvalue weighted by Crippen LogP contribution is 2.21. The molecule has 0 saturated carbocycles. The predicted molar refractivity (Wildman–Crippen MR) is 96.1 cm³/mol. The van der Waals surface area contributed by atoms with Crippen LogP contribution in [0.25, 0.3) is 0 Å². The summed E-state index contributed by atoms with van der Waals surface area (Å²) in [6, 6.07) is 10.3. The number of hydrogen-bond donors (Lipinski definition) is 1. The molecule has 1 aromatic heterocycles. The van der Waals surface area contributed by atoms with Crippen LogP contribution in [0, 0.1) is 11.7 Å². The second-order valence-electron chi connectivity index (χ2n) is 6.18. The predicted octanol–water partition coefficient (Wildman–Crippen LogP) is 3.10. The minimum atomic E-state index is -0.239. The Balaban J connectivity index is 1.42. The lowest BCUT2D eigenvalue weighted by molar-refractivity contribution is -0.126. The Kier molecular flexibility index (Phi) is 5.81. The Labute approximate surface area is 150 Å². The van der Waals surface area contributed by atoms with Gasteiger partial charge in [-0.15, -0.1) is 11.3 Å². The molecule has 1 fully saturated rings. The van der Waals surface area contributed by atoms with Gasteiger partial charge >= 0.3 is 0 Å². The van der Waals surface area contributed by atoms with Crippen LogP contribution >= 0.6 is 11.3 Å². The van der Waals surface area contributed by atoms with Crippen LogP contribution in [-0.2, 0) is 11.2 Å². The Morgan fingerprint density at radius 2 is 1.92 bits per heavy atom. The normalized spacial score (nSPS) is 15.2. The molecular weight excluding hydrogens is 339 g/mol. The number of nitrogens with zero attached hydrogens (tertiary/aromatic N) is 1. The third kappa shape index (κ3) is 4.45. The number of amides is 2. The molecule has 2 amide bonds. The summed E-state index contributed by atoms with van der Waals surface area (Å²) < 4.78 is 13.6. The molecule has 132 valence electrons. The number of carbonyl (C=O) groups excluding carboxylic acids is 2. The first-order valence-electron chi connectivity index (χ1n) is 8.49. The third-order valence-corrected chi connectivity index (χ3v) is 5.39. The summed E-state index contributed by atoms with van der Waals surface area (Å²) in [6.45, 7) is 1.62. The van der Waals surface area contributed by atoms with Gasteiger partial charge in [-0.25, -0.2) is 4.39 Å². The van der Waals surface area contributed by atoms with Crippen LogP contribution in [0.1, 0.15) is 28.1 Å². The maximum absolute atomic E-state index is 13.6. The van der Waals surface area contributed by atoms with Crippen LogP contribution in [0.5, 0.6) is 0 Å². The maximum Gasteiger partial charge on any atom is 0.263 e. The van der Waals surface area contributed by atoms with Crippen molar-refractivity contribution in [3.8, 4) is 0 Å². The van der Waals surface area contributed by atoms with Crippen molar-refractivity contribution in [2.75, 3.05) is 19.6 Å². The van der Waals surface area contributed by atoms with Crippen molar-refractivity contribution in [3.63, 3.8) is 0 Å². The lowest BCUT2D eigenvalue weighted by Gasteiger charge is -2.31. The molecule has 0 aliphatic carbocycles. The average molecular weight is 360 g/mol. The van der Waals surface area contributed by atoms with Gasteiger partial charge in [0.1, 0.15) is 5.82 Å². The van der Waals surface area contributed by atoms with Gasteiger partial charge in [-0.3, -0.25) is 9.59 Å². The molecule has 3 rings (SSSR count). The summed E-state index contributed by atoms with van der Waals surface area (Å²) >= 11 is 1.44. The van der Waals surface area contributed by atoms with Crippen LogP contribution in [-0.4, -0.2) is 36.3 Å². The largest absolute Gasteiger partial charge is 0.356 e. The zero-order valence-corrected chi connectivity index (χ0v) is 14.7. The minimum Gasteiger partial charge on any atom is -0.356 e. The van der Waals surface area contributed by atoms with E-state index in [4.69, 9.17) is 0 Å². The van der Waals surface area contributed by atoms with E-state index >= 15 is 0 Å². The van der Waals surface area contributed by atoms with Gasteiger partial charge in [0.05, 0.1) is 4.88 Å². The highest BCUT2D eigenvalue weighted by molar-refractivity contribution is 7.12. The van der Waals surface area contributed by atoms with Gasteiger partial charge < -0.3 is 10.2 Å². The second-order valence-corrected chi connectivity index (χ2v) is 7.12. The highest BCUT2D eigenvalue weighted by atomic mass is 32.1. The number of rotatable bonds is 5. The van der Waals surface area contributed by atoms with Crippen LogP contribution in [0.3, 0.4) is 0 Å². The number of likely N-dealkylation sites (tertiary alicyclic amines) is 1. The SMILES string of the molecule is O=C(NCCc1ccccc1F)C1CCN(C(=O)c2cccs2)CC1. The van der Waals surface area contributed by atoms with E-state index in [-0.39, 0.29) is 23.5 Å². The second kappa shape index (κ2) is 8.25. The van der Waals surface area contributed by atoms with Crippen molar-refractivity contribution in [3.05, 3.63) is 58.0 Å². The molecule has 6 heteroatoms. The number of nitrogens with one attached hydrogen (secondary N) is 1. The molecule has 4 nitrogen and oxygen atoms in total. The van der Waals surface area contributed by atoms with Crippen LogP contribution < -0.4 is 5.32 Å². The van der Waals surface area contributed by atoms with E-state index in [0.717, 1.165) is 4.88 Å². The van der Waals surface area contributed by atoms with Crippen LogP contribution in [0.15, 0.2) is 41.8 Å². The Morgan fingerprint density at radius 1 is 1.16 bits per heavy atom. The minimum absolute atomic E-state index is 0.000406. The van der Waals surface area contributed by atoms with Crippen molar-refractivity contribution in [2.45, 2.75) is 19.3 Å². The first kappa shape index (κ1) is 17.6. The van der Waals surface area contributed by atoms with Crippen molar-refractivity contribution < 1.29 is 14.0 Å². The molecule has 1 aliphatic rings. The molecule has 2 aromatic rings. The van der Waals surface area contributed by atoms with Crippen LogP contribution in [0.2, 0.25) is 0 Å². The smallest absolute Gasteiger partial charge is 0.263 e. The summed E-state index contributed by atoms with van der Waals surface area (Å²) in [5.41, 5.74) is 0.610. The number of halogens is 1. The van der Waals surface area contributed by atoms with E-state index in [1.54, 1.807) is 18.2 Å². The molecule has 1 aliphatic heterocycles. The van der Waals surface area contributed by atoms with Gasteiger partial charge in [-0.2, -0.15) is 0 Å². The zero-order valence-electron chi connectivity index (χ0n) is 13.9. The van der Waals surface area contributed by atoms with Gasteiger partial charge in [0.25, 0.3) is 5.91 Å². The van der Waals surface area contributed by atoms with Crippen molar-refractivity contribution >= 4 is 23.2 Å². The number of carbonyl (C=O) groups is 2. The maximum atomic E-state index is 13.6. The molecule has 0 spiro atoms. The molecule has 0 atom stereocenters. The summed E-state index contributed by atoms with van der Waals surface area (Å²) in [6.07, 6.45) is 1.82. The van der Waals surface area contributed by atoms with E-state index < -0.39 is 0 Å². The molecule has 0 bridgehead atoms. The molecule has 25 heavy (non-hydrogen) atoms. The highest BCUT2D eigenvalue weighted by Gasteiger charge is 2.27. The first-order valence-corrected chi connectivity index (χ1v) is 9.37. The zero-order chi connectivity index (χ0) is 17.6. The van der Waals surface area contributed by atoms with E-state index in [9.17, 15) is 14.0 Å². The molecular formula is C19H21FN2O2S. The van der Waals surface area contributed by atoms with Crippen molar-refractivity contribution in [2.24, 2.45) is 5.92 Å². The van der Waals surface area contributed by atoms with Gasteiger partial charge in [-0.1, -0.05) is 24.3 Å². The fourth-order valence-electron chi connectivity index (χ4n) is 3.07. The summed E-state index contributed by atoms with van der Waals surface area (Å²) in [5.74, 6) is -0.266. The van der Waals surface area contributed by atoms with E-state index in [1.165, 1.54) is 17.4 Å². The summed E-state index contributed by atoms with van der Waals surface area (Å²) in [4.78, 5) is 27.1. The number of thiophene rings is 1. The van der Waals surface area contributed by atoms with Gasteiger partial charge in [0.2, 0.25) is 5.91 Å². The Hall–Kier alpha value is -2.21. The van der Waals surface area contributed by atoms with E-state index in [0.29, 0.717) is 44.5 Å². The fourth-order valence-corrected chi connectivity index (χ4v) is 3.76. The van der Waals surface area contributed by atoms with Crippen molar-refractivity contribution in [1.29, 1.82) is 0 Å². The number of benzene rings is 1. The summed E-state index contributed by atoms with van der Waals surface area (Å²) in [7, 11) is 0. The Bertz CT molecular complexity index is 725.